The van der Waals surface area contributed by atoms with Gasteiger partial charge in [0.15, 0.2) is 0 Å². The van der Waals surface area contributed by atoms with Gasteiger partial charge in [0.2, 0.25) is 5.91 Å². The van der Waals surface area contributed by atoms with Crippen LogP contribution in [0.25, 0.3) is 0 Å². The molecule has 1 aliphatic heterocycles. The Bertz CT molecular complexity index is 439. The first-order chi connectivity index (χ1) is 8.72. The van der Waals surface area contributed by atoms with E-state index in [1.54, 1.807) is 0 Å². The second kappa shape index (κ2) is 4.70. The Hall–Kier alpha value is -1.40. The molecule has 3 N–H and O–H groups in total. The van der Waals surface area contributed by atoms with Crippen molar-refractivity contribution in [3.8, 4) is 0 Å². The fourth-order valence-electron chi connectivity index (χ4n) is 2.40. The molecular weight excluding hydrogens is 230 g/mol. The third-order valence-electron chi connectivity index (χ3n) is 3.62. The maximum Gasteiger partial charge on any atom is 0.235 e. The highest BCUT2D eigenvalue weighted by molar-refractivity contribution is 5.80. The molecule has 2 heterocycles. The Labute approximate surface area is 106 Å². The first-order valence-corrected chi connectivity index (χ1v) is 6.50. The predicted octanol–water partition coefficient (Wildman–Crippen LogP) is -0.695. The van der Waals surface area contributed by atoms with Gasteiger partial charge in [-0.2, -0.15) is 0 Å². The van der Waals surface area contributed by atoms with E-state index >= 15 is 0 Å². The average Bonchev–Trinajstić information content (AvgIpc) is 3.04. The molecule has 6 nitrogen and oxygen atoms in total. The summed E-state index contributed by atoms with van der Waals surface area (Å²) in [5.41, 5.74) is 5.46. The molecule has 18 heavy (non-hydrogen) atoms. The predicted molar refractivity (Wildman–Crippen MR) is 66.6 cm³/mol. The van der Waals surface area contributed by atoms with E-state index in [2.05, 4.69) is 19.8 Å². The van der Waals surface area contributed by atoms with E-state index in [1.807, 2.05) is 12.4 Å². The maximum atomic E-state index is 11.4. The highest BCUT2D eigenvalue weighted by Crippen LogP contribution is 2.20. The lowest BCUT2D eigenvalue weighted by Gasteiger charge is -2.30. The summed E-state index contributed by atoms with van der Waals surface area (Å²) in [6.45, 7) is 3.35. The number of carbonyl (C=O) groups is 1. The molecule has 1 aliphatic carbocycles. The molecule has 0 radical (unpaired) electrons. The number of hydrogen-bond donors (Lipinski definition) is 2. The fourth-order valence-corrected chi connectivity index (χ4v) is 2.40. The van der Waals surface area contributed by atoms with Crippen molar-refractivity contribution in [2.24, 2.45) is 5.73 Å². The van der Waals surface area contributed by atoms with Gasteiger partial charge in [0, 0.05) is 38.1 Å². The standard InChI is InChI=1S/C12H19N5O/c13-12(18)10(15-9-1-2-9)7-16-5-6-17-4-3-14-11(17)8-16/h3-4,9-10,15H,1-2,5-8H2,(H2,13,18). The topological polar surface area (TPSA) is 76.2 Å². The molecule has 6 heteroatoms. The Morgan fingerprint density at radius 2 is 2.39 bits per heavy atom. The minimum atomic E-state index is -0.254. The van der Waals surface area contributed by atoms with Gasteiger partial charge in [-0.15, -0.1) is 0 Å². The molecule has 1 atom stereocenters. The van der Waals surface area contributed by atoms with Crippen LogP contribution in [0.1, 0.15) is 18.7 Å². The van der Waals surface area contributed by atoms with Gasteiger partial charge in [-0.05, 0) is 12.8 Å². The minimum Gasteiger partial charge on any atom is -0.368 e. The van der Waals surface area contributed by atoms with Crippen LogP contribution in [-0.2, 0) is 17.9 Å². The summed E-state index contributed by atoms with van der Waals surface area (Å²) in [6.07, 6.45) is 6.15. The first-order valence-electron chi connectivity index (χ1n) is 6.50. The van der Waals surface area contributed by atoms with Gasteiger partial charge in [-0.1, -0.05) is 0 Å². The van der Waals surface area contributed by atoms with E-state index in [0.29, 0.717) is 12.6 Å². The van der Waals surface area contributed by atoms with Gasteiger partial charge >= 0.3 is 0 Å². The number of nitrogens with two attached hydrogens (primary N) is 1. The Morgan fingerprint density at radius 1 is 1.56 bits per heavy atom. The zero-order chi connectivity index (χ0) is 12.5. The van der Waals surface area contributed by atoms with Gasteiger partial charge < -0.3 is 15.6 Å². The molecule has 1 saturated carbocycles. The molecule has 1 aromatic rings. The van der Waals surface area contributed by atoms with Crippen LogP contribution in [0.3, 0.4) is 0 Å². The van der Waals surface area contributed by atoms with Crippen molar-refractivity contribution in [1.82, 2.24) is 19.8 Å². The SMILES string of the molecule is NC(=O)C(CN1CCn2ccnc2C1)NC1CC1. The molecule has 0 bridgehead atoms. The third kappa shape index (κ3) is 2.54. The van der Waals surface area contributed by atoms with Crippen LogP contribution >= 0.6 is 0 Å². The number of rotatable bonds is 5. The number of nitrogens with zero attached hydrogens (tertiary/aromatic N) is 3. The molecule has 0 saturated heterocycles. The van der Waals surface area contributed by atoms with Crippen LogP contribution in [-0.4, -0.2) is 45.5 Å². The molecule has 3 rings (SSSR count). The van der Waals surface area contributed by atoms with Gasteiger partial charge in [-0.3, -0.25) is 9.69 Å². The van der Waals surface area contributed by atoms with E-state index in [-0.39, 0.29) is 11.9 Å². The van der Waals surface area contributed by atoms with Crippen LogP contribution in [0.5, 0.6) is 0 Å². The summed E-state index contributed by atoms with van der Waals surface area (Å²) >= 11 is 0. The summed E-state index contributed by atoms with van der Waals surface area (Å²) in [7, 11) is 0. The fraction of sp³-hybridized carbons (Fsp3) is 0.667. The van der Waals surface area contributed by atoms with E-state index in [0.717, 1.165) is 38.3 Å². The van der Waals surface area contributed by atoms with Crippen LogP contribution in [0.15, 0.2) is 12.4 Å². The summed E-state index contributed by atoms with van der Waals surface area (Å²) in [5, 5.41) is 3.31. The molecule has 0 spiro atoms. The van der Waals surface area contributed by atoms with Crippen molar-refractivity contribution < 1.29 is 4.79 Å². The van der Waals surface area contributed by atoms with Crippen molar-refractivity contribution in [2.45, 2.75) is 38.0 Å². The van der Waals surface area contributed by atoms with E-state index in [1.165, 1.54) is 0 Å². The molecule has 0 aromatic carbocycles. The second-order valence-electron chi connectivity index (χ2n) is 5.17. The highest BCUT2D eigenvalue weighted by Gasteiger charge is 2.29. The number of nitrogens with one attached hydrogen (secondary N) is 1. The molecule has 1 aromatic heterocycles. The van der Waals surface area contributed by atoms with Crippen LogP contribution < -0.4 is 11.1 Å². The Kier molecular flexibility index (Phi) is 3.05. The lowest BCUT2D eigenvalue weighted by atomic mass is 10.2. The summed E-state index contributed by atoms with van der Waals surface area (Å²) < 4.78 is 2.16. The van der Waals surface area contributed by atoms with Crippen molar-refractivity contribution in [1.29, 1.82) is 0 Å². The van der Waals surface area contributed by atoms with Crippen molar-refractivity contribution in [3.63, 3.8) is 0 Å². The highest BCUT2D eigenvalue weighted by atomic mass is 16.1. The van der Waals surface area contributed by atoms with Crippen LogP contribution in [0.2, 0.25) is 0 Å². The lowest BCUT2D eigenvalue weighted by Crippen LogP contribution is -2.51. The summed E-state index contributed by atoms with van der Waals surface area (Å²) in [4.78, 5) is 18.0. The largest absolute Gasteiger partial charge is 0.368 e. The number of hydrogen-bond acceptors (Lipinski definition) is 4. The van der Waals surface area contributed by atoms with Crippen LogP contribution in [0, 0.1) is 0 Å². The zero-order valence-electron chi connectivity index (χ0n) is 10.4. The van der Waals surface area contributed by atoms with Crippen molar-refractivity contribution in [3.05, 3.63) is 18.2 Å². The van der Waals surface area contributed by atoms with E-state index in [4.69, 9.17) is 5.73 Å². The van der Waals surface area contributed by atoms with Crippen molar-refractivity contribution in [2.75, 3.05) is 13.1 Å². The lowest BCUT2D eigenvalue weighted by molar-refractivity contribution is -0.120. The minimum absolute atomic E-state index is 0.237. The van der Waals surface area contributed by atoms with E-state index in [9.17, 15) is 4.79 Å². The van der Waals surface area contributed by atoms with Gasteiger partial charge in [0.1, 0.15) is 5.82 Å². The number of carbonyl (C=O) groups excluding carboxylic acids is 1. The Balaban J connectivity index is 1.59. The number of imidazole rings is 1. The first kappa shape index (κ1) is 11.7. The maximum absolute atomic E-state index is 11.4. The third-order valence-corrected chi connectivity index (χ3v) is 3.62. The smallest absolute Gasteiger partial charge is 0.235 e. The summed E-state index contributed by atoms with van der Waals surface area (Å²) in [5.74, 6) is 0.812. The quantitative estimate of drug-likeness (QED) is 0.724. The number of primary amides is 1. The number of amides is 1. The normalized spacial score (nSPS) is 21.6. The number of aromatic nitrogens is 2. The van der Waals surface area contributed by atoms with Gasteiger partial charge in [0.25, 0.3) is 0 Å². The molecular formula is C12H19N5O. The zero-order valence-corrected chi connectivity index (χ0v) is 10.4. The molecule has 2 aliphatic rings. The average molecular weight is 249 g/mol. The van der Waals surface area contributed by atoms with Crippen LogP contribution in [0.4, 0.5) is 0 Å². The molecule has 1 unspecified atom stereocenters. The molecule has 98 valence electrons. The summed E-state index contributed by atoms with van der Waals surface area (Å²) in [6, 6.07) is 0.258. The molecule has 1 fully saturated rings. The number of fused-ring (bicyclic) bond motifs is 1. The monoisotopic (exact) mass is 249 g/mol. The van der Waals surface area contributed by atoms with Gasteiger partial charge in [0.05, 0.1) is 12.6 Å². The Morgan fingerprint density at radius 3 is 3.11 bits per heavy atom. The second-order valence-corrected chi connectivity index (χ2v) is 5.17. The van der Waals surface area contributed by atoms with Gasteiger partial charge in [-0.25, -0.2) is 4.98 Å². The van der Waals surface area contributed by atoms with Crippen molar-refractivity contribution >= 4 is 5.91 Å². The van der Waals surface area contributed by atoms with E-state index < -0.39 is 0 Å². The molecule has 1 amide bonds.